The molecule has 0 radical (unpaired) electrons. The average molecular weight is 463 g/mol. The number of halogens is 1. The summed E-state index contributed by atoms with van der Waals surface area (Å²) in [7, 11) is -3.70. The Labute approximate surface area is 187 Å². The van der Waals surface area contributed by atoms with E-state index in [9.17, 15) is 17.6 Å². The molecule has 2 aliphatic heterocycles. The van der Waals surface area contributed by atoms with Crippen molar-refractivity contribution in [3.8, 4) is 11.5 Å². The highest BCUT2D eigenvalue weighted by molar-refractivity contribution is 7.89. The molecule has 2 aromatic carbocycles. The van der Waals surface area contributed by atoms with Gasteiger partial charge in [-0.25, -0.2) is 12.8 Å². The molecule has 1 atom stereocenters. The van der Waals surface area contributed by atoms with Crippen LogP contribution in [0.3, 0.4) is 0 Å². The number of piperidine rings is 1. The molecule has 1 amide bonds. The lowest BCUT2D eigenvalue weighted by Crippen LogP contribution is -2.48. The molecule has 172 valence electrons. The molecule has 0 saturated carbocycles. The summed E-state index contributed by atoms with van der Waals surface area (Å²) >= 11 is 0. The molecule has 9 heteroatoms. The first kappa shape index (κ1) is 22.5. The van der Waals surface area contributed by atoms with E-state index in [1.165, 1.54) is 16.4 Å². The van der Waals surface area contributed by atoms with Crippen LogP contribution in [0.15, 0.2) is 53.4 Å². The SMILES string of the molecule is CCN(CC1COc2ccccc2O1)C(=O)C1CCN(S(=O)(=O)c2ccc(F)cc2)CC1. The minimum absolute atomic E-state index is 0.00814. The Bertz CT molecular complexity index is 1050. The third kappa shape index (κ3) is 4.73. The molecule has 2 aliphatic rings. The third-order valence-electron chi connectivity index (χ3n) is 5.94. The Balaban J connectivity index is 1.34. The van der Waals surface area contributed by atoms with Gasteiger partial charge in [0.15, 0.2) is 17.6 Å². The zero-order chi connectivity index (χ0) is 22.7. The van der Waals surface area contributed by atoms with E-state index in [0.717, 1.165) is 12.1 Å². The van der Waals surface area contributed by atoms with Crippen LogP contribution < -0.4 is 9.47 Å². The largest absolute Gasteiger partial charge is 0.486 e. The third-order valence-corrected chi connectivity index (χ3v) is 7.85. The van der Waals surface area contributed by atoms with Crippen LogP contribution in [-0.4, -0.2) is 62.4 Å². The highest BCUT2D eigenvalue weighted by Crippen LogP contribution is 2.31. The lowest BCUT2D eigenvalue weighted by Gasteiger charge is -2.35. The number of hydrogen-bond acceptors (Lipinski definition) is 5. The Hall–Kier alpha value is -2.65. The van der Waals surface area contributed by atoms with Gasteiger partial charge in [0.1, 0.15) is 12.4 Å². The van der Waals surface area contributed by atoms with Gasteiger partial charge < -0.3 is 14.4 Å². The van der Waals surface area contributed by atoms with E-state index in [-0.39, 0.29) is 35.9 Å². The van der Waals surface area contributed by atoms with Gasteiger partial charge in [0, 0.05) is 25.6 Å². The van der Waals surface area contributed by atoms with Crippen LogP contribution in [0, 0.1) is 11.7 Å². The number of para-hydroxylation sites is 2. The smallest absolute Gasteiger partial charge is 0.243 e. The minimum Gasteiger partial charge on any atom is -0.486 e. The second-order valence-electron chi connectivity index (χ2n) is 8.01. The number of likely N-dealkylation sites (N-methyl/N-ethyl adjacent to an activating group) is 1. The molecule has 4 rings (SSSR count). The fourth-order valence-electron chi connectivity index (χ4n) is 4.13. The Morgan fingerprint density at radius 3 is 2.41 bits per heavy atom. The Kier molecular flexibility index (Phi) is 6.66. The summed E-state index contributed by atoms with van der Waals surface area (Å²) in [6, 6.07) is 12.3. The van der Waals surface area contributed by atoms with Crippen molar-refractivity contribution in [2.24, 2.45) is 5.92 Å². The summed E-state index contributed by atoms with van der Waals surface area (Å²) in [6.07, 6.45) is 0.633. The molecule has 1 saturated heterocycles. The van der Waals surface area contributed by atoms with Gasteiger partial charge in [-0.05, 0) is 56.2 Å². The quantitative estimate of drug-likeness (QED) is 0.660. The summed E-state index contributed by atoms with van der Waals surface area (Å²) in [5.74, 6) is 0.656. The van der Waals surface area contributed by atoms with Gasteiger partial charge in [-0.1, -0.05) is 12.1 Å². The van der Waals surface area contributed by atoms with Gasteiger partial charge in [-0.2, -0.15) is 4.31 Å². The van der Waals surface area contributed by atoms with Crippen molar-refractivity contribution < 1.29 is 27.1 Å². The molecule has 0 bridgehead atoms. The highest BCUT2D eigenvalue weighted by Gasteiger charge is 2.34. The summed E-state index contributed by atoms with van der Waals surface area (Å²) < 4.78 is 51.9. The van der Waals surface area contributed by atoms with Crippen molar-refractivity contribution >= 4 is 15.9 Å². The van der Waals surface area contributed by atoms with Crippen molar-refractivity contribution in [3.05, 3.63) is 54.3 Å². The van der Waals surface area contributed by atoms with E-state index in [4.69, 9.17) is 9.47 Å². The molecule has 0 spiro atoms. The van der Waals surface area contributed by atoms with Crippen molar-refractivity contribution in [2.45, 2.75) is 30.8 Å². The maximum atomic E-state index is 13.1. The highest BCUT2D eigenvalue weighted by atomic mass is 32.2. The van der Waals surface area contributed by atoms with Crippen molar-refractivity contribution in [1.29, 1.82) is 0 Å². The normalized spacial score (nSPS) is 19.5. The predicted molar refractivity (Wildman–Crippen MR) is 116 cm³/mol. The number of nitrogens with zero attached hydrogens (tertiary/aromatic N) is 2. The summed E-state index contributed by atoms with van der Waals surface area (Å²) in [5.41, 5.74) is 0. The van der Waals surface area contributed by atoms with Gasteiger partial charge in [0.25, 0.3) is 0 Å². The number of carbonyl (C=O) groups is 1. The lowest BCUT2D eigenvalue weighted by atomic mass is 9.96. The maximum Gasteiger partial charge on any atom is 0.243 e. The number of ether oxygens (including phenoxy) is 2. The van der Waals surface area contributed by atoms with Crippen LogP contribution in [-0.2, 0) is 14.8 Å². The number of hydrogen-bond donors (Lipinski definition) is 0. The summed E-state index contributed by atoms with van der Waals surface area (Å²) in [5, 5.41) is 0. The topological polar surface area (TPSA) is 76.2 Å². The molecule has 0 aliphatic carbocycles. The van der Waals surface area contributed by atoms with Gasteiger partial charge in [-0.3, -0.25) is 4.79 Å². The fourth-order valence-corrected chi connectivity index (χ4v) is 5.60. The van der Waals surface area contributed by atoms with Gasteiger partial charge in [-0.15, -0.1) is 0 Å². The van der Waals surface area contributed by atoms with Crippen molar-refractivity contribution in [1.82, 2.24) is 9.21 Å². The van der Waals surface area contributed by atoms with Gasteiger partial charge in [0.05, 0.1) is 11.4 Å². The van der Waals surface area contributed by atoms with Crippen LogP contribution in [0.5, 0.6) is 11.5 Å². The predicted octanol–water partition coefficient (Wildman–Crippen LogP) is 2.91. The molecule has 1 unspecified atom stereocenters. The Morgan fingerprint density at radius 1 is 1.09 bits per heavy atom. The summed E-state index contributed by atoms with van der Waals surface area (Å²) in [4.78, 5) is 15.0. The van der Waals surface area contributed by atoms with E-state index in [1.54, 1.807) is 4.90 Å². The van der Waals surface area contributed by atoms with Crippen LogP contribution >= 0.6 is 0 Å². The molecule has 0 aromatic heterocycles. The molecule has 32 heavy (non-hydrogen) atoms. The van der Waals surface area contributed by atoms with Crippen molar-refractivity contribution in [2.75, 3.05) is 32.8 Å². The number of rotatable bonds is 6. The zero-order valence-electron chi connectivity index (χ0n) is 17.9. The molecular formula is C23H27FN2O5S. The van der Waals surface area contributed by atoms with Gasteiger partial charge in [0.2, 0.25) is 15.9 Å². The number of fused-ring (bicyclic) bond motifs is 1. The number of amides is 1. The van der Waals surface area contributed by atoms with Crippen LogP contribution in [0.25, 0.3) is 0 Å². The van der Waals surface area contributed by atoms with E-state index in [1.807, 2.05) is 31.2 Å². The Morgan fingerprint density at radius 2 is 1.75 bits per heavy atom. The first-order valence-electron chi connectivity index (χ1n) is 10.8. The molecule has 2 heterocycles. The second kappa shape index (κ2) is 9.46. The first-order valence-corrected chi connectivity index (χ1v) is 12.3. The standard InChI is InChI=1S/C23H27FN2O5S/c1-2-25(15-19-16-30-21-5-3-4-6-22(21)31-19)23(27)17-11-13-26(14-12-17)32(28,29)20-9-7-18(24)8-10-20/h3-10,17,19H,2,11-16H2,1H3. The number of benzene rings is 2. The zero-order valence-corrected chi connectivity index (χ0v) is 18.8. The maximum absolute atomic E-state index is 13.1. The van der Waals surface area contributed by atoms with Gasteiger partial charge >= 0.3 is 0 Å². The second-order valence-corrected chi connectivity index (χ2v) is 9.94. The molecule has 7 nitrogen and oxygen atoms in total. The summed E-state index contributed by atoms with van der Waals surface area (Å²) in [6.45, 7) is 3.75. The molecule has 1 fully saturated rings. The van der Waals surface area contributed by atoms with Crippen LogP contribution in [0.1, 0.15) is 19.8 Å². The van der Waals surface area contributed by atoms with E-state index in [2.05, 4.69) is 0 Å². The average Bonchev–Trinajstić information content (AvgIpc) is 2.82. The number of sulfonamides is 1. The lowest BCUT2D eigenvalue weighted by molar-refractivity contribution is -0.138. The molecule has 2 aromatic rings. The fraction of sp³-hybridized carbons (Fsp3) is 0.435. The van der Waals surface area contributed by atoms with Crippen molar-refractivity contribution in [3.63, 3.8) is 0 Å². The molecule has 0 N–H and O–H groups in total. The first-order chi connectivity index (χ1) is 15.4. The molecular weight excluding hydrogens is 435 g/mol. The monoisotopic (exact) mass is 462 g/mol. The van der Waals surface area contributed by atoms with Crippen LogP contribution in [0.4, 0.5) is 4.39 Å². The number of carbonyl (C=O) groups excluding carboxylic acids is 1. The minimum atomic E-state index is -3.70. The van der Waals surface area contributed by atoms with E-state index in [0.29, 0.717) is 44.0 Å². The van der Waals surface area contributed by atoms with E-state index < -0.39 is 15.8 Å². The van der Waals surface area contributed by atoms with Crippen LogP contribution in [0.2, 0.25) is 0 Å². The van der Waals surface area contributed by atoms with E-state index >= 15 is 0 Å².